The van der Waals surface area contributed by atoms with E-state index >= 15 is 0 Å². The monoisotopic (exact) mass is 424 g/mol. The molecule has 1 aliphatic carbocycles. The third kappa shape index (κ3) is 1.97. The van der Waals surface area contributed by atoms with Crippen molar-refractivity contribution in [3.8, 4) is 0 Å². The van der Waals surface area contributed by atoms with E-state index in [1.54, 1.807) is 0 Å². The molecule has 0 heterocycles. The Morgan fingerprint density at radius 1 is 1.42 bits per heavy atom. The Labute approximate surface area is 103 Å². The van der Waals surface area contributed by atoms with Crippen LogP contribution in [-0.2, 0) is 0 Å². The van der Waals surface area contributed by atoms with E-state index in [0.29, 0.717) is 8.96 Å². The molecule has 0 aromatic rings. The van der Waals surface area contributed by atoms with E-state index < -0.39 is 9.34 Å². The Hall–Kier alpha value is 1.16. The molecule has 0 aromatic heterocycles. The molecule has 0 spiro atoms. The van der Waals surface area contributed by atoms with Crippen LogP contribution in [0.3, 0.4) is 0 Å². The van der Waals surface area contributed by atoms with Gasteiger partial charge in [0.05, 0.1) is 4.48 Å². The molecule has 0 saturated carbocycles. The number of halogens is 4. The Balaban J connectivity index is 3.15. The fourth-order valence-corrected chi connectivity index (χ4v) is 3.06. The Bertz CT molecular complexity index is 269. The van der Waals surface area contributed by atoms with E-state index in [4.69, 9.17) is 0 Å². The normalized spacial score (nSPS) is 36.8. The van der Waals surface area contributed by atoms with Gasteiger partial charge in [-0.3, -0.25) is 0 Å². The first-order valence-electron chi connectivity index (χ1n) is 2.89. The van der Waals surface area contributed by atoms with Crippen LogP contribution < -0.4 is 0 Å². The summed E-state index contributed by atoms with van der Waals surface area (Å²) in [7, 11) is 0. The van der Waals surface area contributed by atoms with Gasteiger partial charge < -0.3 is 10.2 Å². The molecule has 1 rings (SSSR count). The topological polar surface area (TPSA) is 40.5 Å². The smallest absolute Gasteiger partial charge is 0.159 e. The Morgan fingerprint density at radius 2 is 1.92 bits per heavy atom. The van der Waals surface area contributed by atoms with Crippen LogP contribution in [0, 0.1) is 0 Å². The maximum atomic E-state index is 9.65. The highest BCUT2D eigenvalue weighted by Crippen LogP contribution is 2.42. The third-order valence-corrected chi connectivity index (χ3v) is 5.78. The van der Waals surface area contributed by atoms with Crippen molar-refractivity contribution in [2.75, 3.05) is 0 Å². The summed E-state index contributed by atoms with van der Waals surface area (Å²) in [6.45, 7) is 0. The second-order valence-corrected chi connectivity index (χ2v) is 6.11. The van der Waals surface area contributed by atoms with Crippen LogP contribution in [0.15, 0.2) is 20.8 Å². The summed E-state index contributed by atoms with van der Waals surface area (Å²) in [5, 5.41) is 19.1. The van der Waals surface area contributed by atoms with Crippen molar-refractivity contribution in [2.24, 2.45) is 0 Å². The summed E-state index contributed by atoms with van der Waals surface area (Å²) in [5.41, 5.74) is 0. The van der Waals surface area contributed by atoms with Gasteiger partial charge in [0.15, 0.2) is 4.51 Å². The van der Waals surface area contributed by atoms with Crippen molar-refractivity contribution in [2.45, 2.75) is 9.34 Å². The van der Waals surface area contributed by atoms with E-state index in [1.807, 2.05) is 0 Å². The number of allylic oxidation sites excluding steroid dienone is 2. The molecule has 12 heavy (non-hydrogen) atoms. The Morgan fingerprint density at radius 3 is 2.42 bits per heavy atom. The average molecular weight is 428 g/mol. The van der Waals surface area contributed by atoms with Gasteiger partial charge in [-0.2, -0.15) is 0 Å². The number of rotatable bonds is 0. The molecule has 1 aliphatic rings. The first-order chi connectivity index (χ1) is 5.36. The SMILES string of the molecule is OC1=C(Br)C(Br)=CC(O)(Br)C1Br. The zero-order valence-corrected chi connectivity index (χ0v) is 11.9. The van der Waals surface area contributed by atoms with Gasteiger partial charge in [-0.05, 0) is 53.9 Å². The van der Waals surface area contributed by atoms with Crippen molar-refractivity contribution in [1.82, 2.24) is 0 Å². The maximum Gasteiger partial charge on any atom is 0.159 e. The molecule has 0 aromatic carbocycles. The van der Waals surface area contributed by atoms with Crippen molar-refractivity contribution in [3.05, 3.63) is 20.8 Å². The highest BCUT2D eigenvalue weighted by Gasteiger charge is 2.38. The van der Waals surface area contributed by atoms with Gasteiger partial charge in [0.25, 0.3) is 0 Å². The number of aliphatic hydroxyl groups excluding tert-OH is 1. The summed E-state index contributed by atoms with van der Waals surface area (Å²) in [6, 6.07) is 0. The highest BCUT2D eigenvalue weighted by atomic mass is 79.9. The third-order valence-electron chi connectivity index (χ3n) is 1.36. The van der Waals surface area contributed by atoms with E-state index in [-0.39, 0.29) is 5.76 Å². The predicted molar refractivity (Wildman–Crippen MR) is 62.2 cm³/mol. The second-order valence-electron chi connectivity index (χ2n) is 2.28. The minimum atomic E-state index is -1.26. The van der Waals surface area contributed by atoms with E-state index in [2.05, 4.69) is 63.7 Å². The highest BCUT2D eigenvalue weighted by molar-refractivity contribution is 9.15. The molecule has 2 N–H and O–H groups in total. The van der Waals surface area contributed by atoms with Crippen molar-refractivity contribution >= 4 is 63.7 Å². The molecular weight excluding hydrogens is 424 g/mol. The summed E-state index contributed by atoms with van der Waals surface area (Å²) in [5.74, 6) is 0.0451. The van der Waals surface area contributed by atoms with Crippen molar-refractivity contribution in [3.63, 3.8) is 0 Å². The molecule has 2 unspecified atom stereocenters. The summed E-state index contributed by atoms with van der Waals surface area (Å²) in [6.07, 6.45) is 1.54. The average Bonchev–Trinajstić information content (AvgIpc) is 1.97. The fraction of sp³-hybridized carbons (Fsp3) is 0.333. The lowest BCUT2D eigenvalue weighted by molar-refractivity contribution is 0.182. The van der Waals surface area contributed by atoms with E-state index in [9.17, 15) is 10.2 Å². The molecule has 0 bridgehead atoms. The van der Waals surface area contributed by atoms with Crippen LogP contribution in [0.5, 0.6) is 0 Å². The van der Waals surface area contributed by atoms with Gasteiger partial charge in [0.1, 0.15) is 10.6 Å². The molecule has 6 heteroatoms. The molecule has 0 fully saturated rings. The molecule has 2 nitrogen and oxygen atoms in total. The summed E-state index contributed by atoms with van der Waals surface area (Å²) < 4.78 is -0.115. The lowest BCUT2D eigenvalue weighted by Crippen LogP contribution is -2.33. The molecule has 0 radical (unpaired) electrons. The van der Waals surface area contributed by atoms with Gasteiger partial charge in [-0.15, -0.1) is 0 Å². The minimum absolute atomic E-state index is 0.0451. The zero-order chi connectivity index (χ0) is 9.52. The van der Waals surface area contributed by atoms with Crippen LogP contribution in [0.1, 0.15) is 0 Å². The number of hydrogen-bond acceptors (Lipinski definition) is 2. The minimum Gasteiger partial charge on any atom is -0.510 e. The summed E-state index contributed by atoms with van der Waals surface area (Å²) >= 11 is 12.5. The van der Waals surface area contributed by atoms with Gasteiger partial charge in [-0.1, -0.05) is 15.9 Å². The second kappa shape index (κ2) is 3.73. The quantitative estimate of drug-likeness (QED) is 0.583. The van der Waals surface area contributed by atoms with E-state index in [0.717, 1.165) is 0 Å². The van der Waals surface area contributed by atoms with Gasteiger partial charge in [0.2, 0.25) is 0 Å². The first-order valence-corrected chi connectivity index (χ1v) is 6.18. The van der Waals surface area contributed by atoms with Crippen LogP contribution >= 0.6 is 63.7 Å². The number of alkyl halides is 2. The van der Waals surface area contributed by atoms with Crippen LogP contribution in [0.2, 0.25) is 0 Å². The fourth-order valence-electron chi connectivity index (χ4n) is 0.740. The summed E-state index contributed by atoms with van der Waals surface area (Å²) in [4.78, 5) is -0.555. The number of aliphatic hydroxyl groups is 2. The van der Waals surface area contributed by atoms with Crippen LogP contribution in [0.25, 0.3) is 0 Å². The predicted octanol–water partition coefficient (Wildman–Crippen LogP) is 3.29. The number of hydrogen-bond donors (Lipinski definition) is 2. The Kier molecular flexibility index (Phi) is 3.49. The van der Waals surface area contributed by atoms with E-state index in [1.165, 1.54) is 6.08 Å². The van der Waals surface area contributed by atoms with Crippen molar-refractivity contribution < 1.29 is 10.2 Å². The lowest BCUT2D eigenvalue weighted by Gasteiger charge is -2.28. The molecule has 68 valence electrons. The van der Waals surface area contributed by atoms with Crippen molar-refractivity contribution in [1.29, 1.82) is 0 Å². The van der Waals surface area contributed by atoms with Crippen LogP contribution in [-0.4, -0.2) is 19.6 Å². The van der Waals surface area contributed by atoms with Crippen LogP contribution in [0.4, 0.5) is 0 Å². The zero-order valence-electron chi connectivity index (χ0n) is 5.56. The molecular formula is C6H4Br4O2. The lowest BCUT2D eigenvalue weighted by atomic mass is 10.1. The van der Waals surface area contributed by atoms with Gasteiger partial charge in [-0.25, -0.2) is 0 Å². The standard InChI is InChI=1S/C6H4Br4O2/c7-2-1-6(10,12)5(9)4(11)3(2)8/h1,5,11-12H. The van der Waals surface area contributed by atoms with Gasteiger partial charge in [0, 0.05) is 4.48 Å². The maximum absolute atomic E-state index is 9.65. The van der Waals surface area contributed by atoms with Gasteiger partial charge >= 0.3 is 0 Å². The molecule has 2 atom stereocenters. The molecule has 0 amide bonds. The largest absolute Gasteiger partial charge is 0.510 e. The molecule has 0 aliphatic heterocycles. The first kappa shape index (κ1) is 11.2. The molecule has 0 saturated heterocycles.